The molecule has 1 amide bonds. The molecule has 4 heterocycles. The summed E-state index contributed by atoms with van der Waals surface area (Å²) in [5, 5.41) is 13.0. The van der Waals surface area contributed by atoms with E-state index in [4.69, 9.17) is 9.82 Å². The van der Waals surface area contributed by atoms with Gasteiger partial charge in [0.05, 0.1) is 10.7 Å². The Balaban J connectivity index is 1.35. The minimum absolute atomic E-state index is 0.0409. The maximum atomic E-state index is 13.2. The Hall–Kier alpha value is -3.10. The predicted octanol–water partition coefficient (Wildman–Crippen LogP) is 4.79. The highest BCUT2D eigenvalue weighted by Gasteiger charge is 2.42. The molecule has 4 rings (SSSR count). The second-order valence-corrected chi connectivity index (χ2v) is 9.88. The van der Waals surface area contributed by atoms with E-state index in [2.05, 4.69) is 15.6 Å². The van der Waals surface area contributed by atoms with E-state index >= 15 is 0 Å². The molecule has 0 saturated carbocycles. The van der Waals surface area contributed by atoms with Crippen LogP contribution >= 0.6 is 11.3 Å². The number of thiazole rings is 1. The lowest BCUT2D eigenvalue weighted by molar-refractivity contribution is -0.146. The summed E-state index contributed by atoms with van der Waals surface area (Å²) in [6.45, 7) is 1.59. The number of rotatable bonds is 7. The van der Waals surface area contributed by atoms with Gasteiger partial charge >= 0.3 is 12.4 Å². The lowest BCUT2D eigenvalue weighted by Gasteiger charge is -2.31. The molecule has 2 aliphatic heterocycles. The van der Waals surface area contributed by atoms with E-state index in [0.29, 0.717) is 19.3 Å². The molecule has 0 aromatic carbocycles. The van der Waals surface area contributed by atoms with E-state index in [9.17, 15) is 31.1 Å². The summed E-state index contributed by atoms with van der Waals surface area (Å²) in [6, 6.07) is -0.0819. The van der Waals surface area contributed by atoms with Gasteiger partial charge in [-0.2, -0.15) is 31.4 Å². The van der Waals surface area contributed by atoms with Crippen molar-refractivity contribution in [2.75, 3.05) is 20.1 Å². The zero-order chi connectivity index (χ0) is 27.7. The third kappa shape index (κ3) is 6.13. The Morgan fingerprint density at radius 3 is 2.53 bits per heavy atom. The Labute approximate surface area is 218 Å². The number of halogens is 6. The standard InChI is InChI=1S/C23H26F6N6O2S/c1-3-13(10-30-2)17-8-15(33-37-17)16-12-38-21(31-16)14-4-6-34(7-5-14)20(36)11-35-19(23(27,28)29)9-18(32-35)22(24,25)26/h9-10,12,14,17,30H,3-8,11H2,1-2H3/b13-10-. The molecule has 0 spiro atoms. The van der Waals surface area contributed by atoms with E-state index in [1.807, 2.05) is 25.6 Å². The molecule has 1 N–H and O–H groups in total. The van der Waals surface area contributed by atoms with Crippen molar-refractivity contribution in [3.63, 3.8) is 0 Å². The number of nitrogens with one attached hydrogen (secondary N) is 1. The first kappa shape index (κ1) is 27.9. The molecule has 1 fully saturated rings. The SMILES string of the molecule is CC/C(=C/NC)C1CC(c2csc(C3CCN(C(=O)Cn4nc(C(F)(F)F)cc4C(F)(F)F)CC3)n2)=NO1. The van der Waals surface area contributed by atoms with Crippen molar-refractivity contribution < 1.29 is 36.0 Å². The first-order valence-electron chi connectivity index (χ1n) is 11.9. The number of likely N-dealkylation sites (tertiary alicyclic amines) is 1. The van der Waals surface area contributed by atoms with Crippen LogP contribution in [-0.2, 0) is 28.5 Å². The summed E-state index contributed by atoms with van der Waals surface area (Å²) < 4.78 is 78.5. The fourth-order valence-electron chi connectivity index (χ4n) is 4.45. The van der Waals surface area contributed by atoms with Gasteiger partial charge in [-0.3, -0.25) is 9.48 Å². The number of alkyl halides is 6. The first-order valence-corrected chi connectivity index (χ1v) is 12.8. The molecule has 2 aromatic heterocycles. The molecule has 208 valence electrons. The van der Waals surface area contributed by atoms with Gasteiger partial charge in [0.25, 0.3) is 0 Å². The third-order valence-corrected chi connectivity index (χ3v) is 7.49. The fourth-order valence-corrected chi connectivity index (χ4v) is 5.45. The van der Waals surface area contributed by atoms with Gasteiger partial charge in [-0.1, -0.05) is 12.1 Å². The zero-order valence-electron chi connectivity index (χ0n) is 20.6. The molecule has 38 heavy (non-hydrogen) atoms. The summed E-state index contributed by atoms with van der Waals surface area (Å²) in [7, 11) is 1.82. The van der Waals surface area contributed by atoms with Crippen molar-refractivity contribution >= 4 is 23.0 Å². The summed E-state index contributed by atoms with van der Waals surface area (Å²) >= 11 is 1.47. The lowest BCUT2D eigenvalue weighted by atomic mass is 9.97. The van der Waals surface area contributed by atoms with Crippen LogP contribution in [0.3, 0.4) is 0 Å². The number of aromatic nitrogens is 3. The van der Waals surface area contributed by atoms with Crippen LogP contribution in [0.1, 0.15) is 60.6 Å². The molecular weight excluding hydrogens is 538 g/mol. The Morgan fingerprint density at radius 2 is 1.92 bits per heavy atom. The average molecular weight is 565 g/mol. The first-order chi connectivity index (χ1) is 17.9. The van der Waals surface area contributed by atoms with Crippen LogP contribution < -0.4 is 5.32 Å². The minimum atomic E-state index is -5.08. The molecule has 0 bridgehead atoms. The van der Waals surface area contributed by atoms with Crippen LogP contribution in [0.5, 0.6) is 0 Å². The van der Waals surface area contributed by atoms with Gasteiger partial charge in [-0.15, -0.1) is 11.3 Å². The second kappa shape index (κ2) is 10.9. The number of piperidine rings is 1. The number of hydrogen-bond donors (Lipinski definition) is 1. The number of amides is 1. The Bertz CT molecular complexity index is 1210. The highest BCUT2D eigenvalue weighted by atomic mass is 32.1. The molecule has 0 aliphatic carbocycles. The van der Waals surface area contributed by atoms with Crippen LogP contribution in [0.25, 0.3) is 0 Å². The molecular formula is C23H26F6N6O2S. The highest BCUT2D eigenvalue weighted by molar-refractivity contribution is 7.10. The number of hydrogen-bond acceptors (Lipinski definition) is 7. The monoisotopic (exact) mass is 564 g/mol. The van der Waals surface area contributed by atoms with E-state index in [0.717, 1.165) is 28.4 Å². The minimum Gasteiger partial charge on any atom is -0.394 e. The van der Waals surface area contributed by atoms with E-state index in [1.54, 1.807) is 0 Å². The van der Waals surface area contributed by atoms with Crippen molar-refractivity contribution in [1.82, 2.24) is 25.0 Å². The van der Waals surface area contributed by atoms with Crippen molar-refractivity contribution in [1.29, 1.82) is 0 Å². The van der Waals surface area contributed by atoms with Crippen LogP contribution in [0.2, 0.25) is 0 Å². The largest absolute Gasteiger partial charge is 0.435 e. The summed E-state index contributed by atoms with van der Waals surface area (Å²) in [5.74, 6) is -0.686. The maximum absolute atomic E-state index is 13.2. The van der Waals surface area contributed by atoms with Gasteiger partial charge in [0, 0.05) is 43.9 Å². The van der Waals surface area contributed by atoms with Gasteiger partial charge in [0.2, 0.25) is 5.91 Å². The molecule has 1 unspecified atom stereocenters. The Kier molecular flexibility index (Phi) is 8.04. The van der Waals surface area contributed by atoms with E-state index in [-0.39, 0.29) is 35.9 Å². The molecule has 2 aromatic rings. The topological polar surface area (TPSA) is 84.6 Å². The Morgan fingerprint density at radius 1 is 1.21 bits per heavy atom. The van der Waals surface area contributed by atoms with Crippen molar-refractivity contribution in [2.24, 2.45) is 5.16 Å². The molecule has 15 heteroatoms. The average Bonchev–Trinajstić information content (AvgIpc) is 3.61. The predicted molar refractivity (Wildman–Crippen MR) is 126 cm³/mol. The fraction of sp³-hybridized carbons (Fsp3) is 0.565. The van der Waals surface area contributed by atoms with Crippen LogP contribution in [0.4, 0.5) is 26.3 Å². The normalized spacial score (nSPS) is 19.5. The molecule has 1 atom stereocenters. The van der Waals surface area contributed by atoms with Gasteiger partial charge in [-0.05, 0) is 31.0 Å². The molecule has 2 aliphatic rings. The molecule has 0 radical (unpaired) electrons. The summed E-state index contributed by atoms with van der Waals surface area (Å²) in [5.41, 5.74) is -0.741. The second-order valence-electron chi connectivity index (χ2n) is 8.99. The van der Waals surface area contributed by atoms with Crippen LogP contribution in [0, 0.1) is 0 Å². The van der Waals surface area contributed by atoms with Gasteiger partial charge < -0.3 is 15.1 Å². The number of oxime groups is 1. The van der Waals surface area contributed by atoms with Crippen LogP contribution in [-0.4, -0.2) is 57.5 Å². The highest BCUT2D eigenvalue weighted by Crippen LogP contribution is 2.36. The van der Waals surface area contributed by atoms with E-state index < -0.39 is 36.2 Å². The number of carbonyl (C=O) groups is 1. The smallest absolute Gasteiger partial charge is 0.394 e. The summed E-state index contributed by atoms with van der Waals surface area (Å²) in [6.07, 6.45) is -5.93. The van der Waals surface area contributed by atoms with Gasteiger partial charge in [0.1, 0.15) is 18.0 Å². The van der Waals surface area contributed by atoms with Crippen molar-refractivity contribution in [2.45, 2.75) is 63.5 Å². The lowest BCUT2D eigenvalue weighted by Crippen LogP contribution is -2.40. The van der Waals surface area contributed by atoms with Crippen molar-refractivity contribution in [3.05, 3.63) is 45.3 Å². The van der Waals surface area contributed by atoms with Crippen molar-refractivity contribution in [3.8, 4) is 0 Å². The zero-order valence-corrected chi connectivity index (χ0v) is 21.4. The van der Waals surface area contributed by atoms with Gasteiger partial charge in [0.15, 0.2) is 11.8 Å². The third-order valence-electron chi connectivity index (χ3n) is 6.48. The van der Waals surface area contributed by atoms with Crippen LogP contribution in [0.15, 0.2) is 28.4 Å². The maximum Gasteiger partial charge on any atom is 0.435 e. The number of nitrogens with zero attached hydrogens (tertiary/aromatic N) is 5. The van der Waals surface area contributed by atoms with Gasteiger partial charge in [-0.25, -0.2) is 4.98 Å². The number of carbonyl (C=O) groups excluding carboxylic acids is 1. The summed E-state index contributed by atoms with van der Waals surface area (Å²) in [4.78, 5) is 24.3. The quantitative estimate of drug-likeness (QED) is 0.489. The van der Waals surface area contributed by atoms with E-state index in [1.165, 1.54) is 16.2 Å². The molecule has 1 saturated heterocycles. The molecule has 8 nitrogen and oxygen atoms in total.